The third-order valence-electron chi connectivity index (χ3n) is 7.95. The second-order valence-electron chi connectivity index (χ2n) is 10.5. The smallest absolute Gasteiger partial charge is 0.387 e. The van der Waals surface area contributed by atoms with Gasteiger partial charge in [-0.25, -0.2) is 4.79 Å². The summed E-state index contributed by atoms with van der Waals surface area (Å²) in [6.07, 6.45) is 8.53. The van der Waals surface area contributed by atoms with E-state index in [1.807, 2.05) is 6.92 Å². The van der Waals surface area contributed by atoms with Crippen LogP contribution in [-0.4, -0.2) is 57.9 Å². The molecule has 0 amide bonds. The number of carbonyl (C=O) groups is 1. The standard InChI is InChI=1S/C27H30F2N4O5/c1-27(30-11-10-21(31-27)25(34)35)33-16-8-9-17(33)13-18(12-16)36-14-20-23(32-38-24(20)15-6-7-15)19-4-2-3-5-22(19)37-26(28)29/h2-5,10-11,15-18,26,31H,6-9,12-14H2,1H3,(H,34,35)/t16-,17+,18?,27?. The number of carboxylic acids is 1. The maximum atomic E-state index is 13.0. The number of piperidine rings is 1. The molecule has 4 atom stereocenters. The molecule has 6 rings (SSSR count). The molecule has 9 nitrogen and oxygen atoms in total. The molecular formula is C27H30F2N4O5. The van der Waals surface area contributed by atoms with Crippen LogP contribution in [0.2, 0.25) is 0 Å². The summed E-state index contributed by atoms with van der Waals surface area (Å²) in [5.74, 6) is -0.760. The fourth-order valence-electron chi connectivity index (χ4n) is 6.22. The Labute approximate surface area is 218 Å². The highest BCUT2D eigenvalue weighted by Gasteiger charge is 2.50. The largest absolute Gasteiger partial charge is 0.477 e. The lowest BCUT2D eigenvalue weighted by atomic mass is 9.97. The highest BCUT2D eigenvalue weighted by molar-refractivity contribution is 5.92. The Morgan fingerprint density at radius 2 is 1.97 bits per heavy atom. The number of nitrogens with one attached hydrogen (secondary N) is 1. The summed E-state index contributed by atoms with van der Waals surface area (Å²) < 4.78 is 43.0. The van der Waals surface area contributed by atoms with E-state index in [0.717, 1.165) is 49.8 Å². The van der Waals surface area contributed by atoms with Crippen LogP contribution in [0.5, 0.6) is 5.75 Å². The van der Waals surface area contributed by atoms with Gasteiger partial charge in [0.15, 0.2) is 5.79 Å². The van der Waals surface area contributed by atoms with Crippen molar-refractivity contribution in [2.24, 2.45) is 4.99 Å². The number of halogens is 2. The van der Waals surface area contributed by atoms with Crippen LogP contribution in [0.4, 0.5) is 8.78 Å². The van der Waals surface area contributed by atoms with E-state index >= 15 is 0 Å². The molecule has 1 aromatic carbocycles. The first-order valence-electron chi connectivity index (χ1n) is 13.0. The number of aliphatic carboxylic acids is 1. The van der Waals surface area contributed by atoms with Crippen LogP contribution in [0.25, 0.3) is 11.3 Å². The van der Waals surface area contributed by atoms with Gasteiger partial charge in [-0.2, -0.15) is 8.78 Å². The van der Waals surface area contributed by atoms with E-state index in [1.54, 1.807) is 24.4 Å². The lowest BCUT2D eigenvalue weighted by Crippen LogP contribution is -2.63. The van der Waals surface area contributed by atoms with Crippen molar-refractivity contribution >= 4 is 12.2 Å². The number of hydrogen-bond acceptors (Lipinski definition) is 8. The van der Waals surface area contributed by atoms with Gasteiger partial charge >= 0.3 is 12.6 Å². The van der Waals surface area contributed by atoms with Gasteiger partial charge in [-0.3, -0.25) is 9.89 Å². The van der Waals surface area contributed by atoms with Gasteiger partial charge in [0.1, 0.15) is 22.9 Å². The van der Waals surface area contributed by atoms with Gasteiger partial charge in [-0.1, -0.05) is 17.3 Å². The molecule has 1 aliphatic carbocycles. The van der Waals surface area contributed by atoms with Gasteiger partial charge in [0.2, 0.25) is 0 Å². The van der Waals surface area contributed by atoms with E-state index in [-0.39, 0.29) is 42.2 Å². The van der Waals surface area contributed by atoms with E-state index in [1.165, 1.54) is 12.1 Å². The summed E-state index contributed by atoms with van der Waals surface area (Å²) in [4.78, 5) is 18.4. The first kappa shape index (κ1) is 25.0. The average Bonchev–Trinajstić information content (AvgIpc) is 3.58. The molecular weight excluding hydrogens is 498 g/mol. The van der Waals surface area contributed by atoms with Crippen molar-refractivity contribution in [1.29, 1.82) is 0 Å². The first-order chi connectivity index (χ1) is 18.3. The normalized spacial score (nSPS) is 28.8. The minimum Gasteiger partial charge on any atom is -0.477 e. The third kappa shape index (κ3) is 4.69. The predicted octanol–water partition coefficient (Wildman–Crippen LogP) is 4.65. The molecule has 1 aromatic heterocycles. The van der Waals surface area contributed by atoms with E-state index in [2.05, 4.69) is 20.4 Å². The number of para-hydroxylation sites is 1. The van der Waals surface area contributed by atoms with Crippen LogP contribution in [0, 0.1) is 0 Å². The lowest BCUT2D eigenvalue weighted by Gasteiger charge is -2.48. The number of aromatic nitrogens is 1. The Balaban J connectivity index is 1.19. The molecule has 0 radical (unpaired) electrons. The second-order valence-corrected chi connectivity index (χ2v) is 10.5. The Bertz CT molecular complexity index is 1260. The topological polar surface area (TPSA) is 109 Å². The number of nitrogens with zero attached hydrogens (tertiary/aromatic N) is 3. The zero-order chi connectivity index (χ0) is 26.4. The predicted molar refractivity (Wildman–Crippen MR) is 133 cm³/mol. The number of alkyl halides is 2. The number of aliphatic imine (C=N–C) groups is 1. The summed E-state index contributed by atoms with van der Waals surface area (Å²) in [5.41, 5.74) is 1.84. The fraction of sp³-hybridized carbons (Fsp3) is 0.519. The van der Waals surface area contributed by atoms with Crippen LogP contribution in [0.1, 0.15) is 62.7 Å². The first-order valence-corrected chi connectivity index (χ1v) is 13.0. The van der Waals surface area contributed by atoms with Crippen LogP contribution < -0.4 is 10.1 Å². The molecule has 3 aliphatic heterocycles. The van der Waals surface area contributed by atoms with Crippen LogP contribution in [0.3, 0.4) is 0 Å². The minimum atomic E-state index is -2.95. The maximum Gasteiger partial charge on any atom is 0.387 e. The maximum absolute atomic E-state index is 13.0. The van der Waals surface area contributed by atoms with Crippen molar-refractivity contribution < 1.29 is 32.7 Å². The van der Waals surface area contributed by atoms with Gasteiger partial charge in [-0.05, 0) is 63.7 Å². The molecule has 38 heavy (non-hydrogen) atoms. The van der Waals surface area contributed by atoms with Gasteiger partial charge < -0.3 is 24.4 Å². The Morgan fingerprint density at radius 3 is 2.66 bits per heavy atom. The molecule has 202 valence electrons. The van der Waals surface area contributed by atoms with Gasteiger partial charge in [0.25, 0.3) is 0 Å². The van der Waals surface area contributed by atoms with Crippen molar-refractivity contribution in [3.05, 3.63) is 47.4 Å². The number of fused-ring (bicyclic) bond motifs is 2. The summed E-state index contributed by atoms with van der Waals surface area (Å²) in [6, 6.07) is 6.97. The van der Waals surface area contributed by atoms with Crippen LogP contribution >= 0.6 is 0 Å². The van der Waals surface area contributed by atoms with E-state index in [9.17, 15) is 18.7 Å². The molecule has 3 fully saturated rings. The molecule has 2 saturated heterocycles. The highest BCUT2D eigenvalue weighted by Crippen LogP contribution is 2.46. The number of hydrogen-bond donors (Lipinski definition) is 2. The zero-order valence-electron chi connectivity index (χ0n) is 21.0. The van der Waals surface area contributed by atoms with Crippen molar-refractivity contribution in [3.8, 4) is 17.0 Å². The van der Waals surface area contributed by atoms with E-state index in [0.29, 0.717) is 11.3 Å². The molecule has 2 unspecified atom stereocenters. The Morgan fingerprint density at radius 1 is 1.24 bits per heavy atom. The molecule has 11 heteroatoms. The monoisotopic (exact) mass is 528 g/mol. The van der Waals surface area contributed by atoms with Crippen LogP contribution in [0.15, 0.2) is 45.6 Å². The molecule has 0 spiro atoms. The van der Waals surface area contributed by atoms with Crippen molar-refractivity contribution in [2.45, 2.75) is 88.6 Å². The number of allylic oxidation sites excluding steroid dienone is 1. The third-order valence-corrected chi connectivity index (χ3v) is 7.95. The molecule has 2 bridgehead atoms. The molecule has 2 N–H and O–H groups in total. The molecule has 4 aliphatic rings. The molecule has 1 saturated carbocycles. The van der Waals surface area contributed by atoms with Crippen molar-refractivity contribution in [2.75, 3.05) is 0 Å². The molecule has 4 heterocycles. The lowest BCUT2D eigenvalue weighted by molar-refractivity contribution is -0.134. The summed E-state index contributed by atoms with van der Waals surface area (Å²) in [6.45, 7) is -0.772. The Kier molecular flexibility index (Phi) is 6.43. The molecule has 2 aromatic rings. The van der Waals surface area contributed by atoms with Gasteiger partial charge in [-0.15, -0.1) is 0 Å². The van der Waals surface area contributed by atoms with Gasteiger partial charge in [0, 0.05) is 35.3 Å². The fourth-order valence-corrected chi connectivity index (χ4v) is 6.22. The second kappa shape index (κ2) is 9.77. The summed E-state index contributed by atoms with van der Waals surface area (Å²) in [7, 11) is 0. The SMILES string of the molecule is CC1(N2[C@@H]3CC[C@H]2CC(OCc2c(-c4ccccc4OC(F)F)noc2C2CC2)C3)N=CC=C(C(=O)O)N1. The number of ether oxygens (including phenoxy) is 2. The van der Waals surface area contributed by atoms with Crippen molar-refractivity contribution in [1.82, 2.24) is 15.4 Å². The van der Waals surface area contributed by atoms with Crippen molar-refractivity contribution in [3.63, 3.8) is 0 Å². The quantitative estimate of drug-likeness (QED) is 0.484. The number of rotatable bonds is 9. The van der Waals surface area contributed by atoms with Gasteiger partial charge in [0.05, 0.1) is 12.7 Å². The van der Waals surface area contributed by atoms with E-state index < -0.39 is 18.4 Å². The zero-order valence-corrected chi connectivity index (χ0v) is 21.0. The summed E-state index contributed by atoms with van der Waals surface area (Å²) in [5, 5.41) is 16.8. The Hall–Kier alpha value is -3.31. The van der Waals surface area contributed by atoms with E-state index in [4.69, 9.17) is 14.0 Å². The highest BCUT2D eigenvalue weighted by atomic mass is 19.3. The number of benzene rings is 1. The van der Waals surface area contributed by atoms with Crippen LogP contribution in [-0.2, 0) is 16.1 Å². The number of carboxylic acid groups (broad SMARTS) is 1. The summed E-state index contributed by atoms with van der Waals surface area (Å²) >= 11 is 0. The minimum absolute atomic E-state index is 0.0169. The average molecular weight is 529 g/mol.